The number of nitrogens with two attached hydrogens (primary N) is 1. The number of anilines is 1. The molecule has 0 amide bonds. The second-order valence-corrected chi connectivity index (χ2v) is 7.09. The third kappa shape index (κ3) is 3.32. The Bertz CT molecular complexity index is 900. The van der Waals surface area contributed by atoms with Crippen molar-refractivity contribution in [2.24, 2.45) is 0 Å². The van der Waals surface area contributed by atoms with Crippen LogP contribution in [-0.4, -0.2) is 32.0 Å². The lowest BCUT2D eigenvalue weighted by atomic mass is 10.0. The third-order valence-corrected chi connectivity index (χ3v) is 5.70. The molecule has 3 rings (SSSR count). The summed E-state index contributed by atoms with van der Waals surface area (Å²) in [7, 11) is 4.81. The minimum absolute atomic E-state index is 0.568. The molecule has 0 atom stereocenters. The van der Waals surface area contributed by atoms with Crippen molar-refractivity contribution in [2.75, 3.05) is 33.3 Å². The van der Waals surface area contributed by atoms with Crippen molar-refractivity contribution in [3.8, 4) is 38.8 Å². The number of benzene rings is 2. The van der Waals surface area contributed by atoms with Crippen LogP contribution in [-0.2, 0) is 0 Å². The number of hydrogen-bond donors (Lipinski definition) is 1. The fourth-order valence-corrected chi connectivity index (χ4v) is 4.02. The van der Waals surface area contributed by atoms with E-state index >= 15 is 0 Å². The van der Waals surface area contributed by atoms with Crippen LogP contribution in [0, 0.1) is 0 Å². The highest BCUT2D eigenvalue weighted by molar-refractivity contribution is 7.98. The Hall–Kier alpha value is -2.38. The maximum atomic E-state index is 6.16. The standard InChI is InChI=1S/C19H20N2O3S2/c1-22-15-8-12(9-16(23-2)18(15)24-3)19-13(10-21-26-19)11-5-6-17(25-4)14(20)7-11/h5-10H,20H2,1-4H3. The maximum Gasteiger partial charge on any atom is 0.203 e. The van der Waals surface area contributed by atoms with Crippen molar-refractivity contribution in [2.45, 2.75) is 4.90 Å². The van der Waals surface area contributed by atoms with Crippen LogP contribution < -0.4 is 19.9 Å². The van der Waals surface area contributed by atoms with Gasteiger partial charge in [-0.25, -0.2) is 0 Å². The van der Waals surface area contributed by atoms with Crippen LogP contribution in [0.2, 0.25) is 0 Å². The van der Waals surface area contributed by atoms with E-state index in [9.17, 15) is 0 Å². The zero-order valence-electron chi connectivity index (χ0n) is 15.0. The molecule has 0 bridgehead atoms. The van der Waals surface area contributed by atoms with Crippen molar-refractivity contribution in [3.63, 3.8) is 0 Å². The Morgan fingerprint density at radius 3 is 2.19 bits per heavy atom. The Kier molecular flexibility index (Phi) is 5.58. The summed E-state index contributed by atoms with van der Waals surface area (Å²) < 4.78 is 20.7. The van der Waals surface area contributed by atoms with Crippen LogP contribution in [0.15, 0.2) is 41.4 Å². The summed E-state index contributed by atoms with van der Waals surface area (Å²) in [5.74, 6) is 1.79. The lowest BCUT2D eigenvalue weighted by Crippen LogP contribution is -1.95. The number of aromatic nitrogens is 1. The molecule has 26 heavy (non-hydrogen) atoms. The predicted octanol–water partition coefficient (Wildman–Crippen LogP) is 4.81. The third-order valence-electron chi connectivity index (χ3n) is 4.04. The molecule has 0 radical (unpaired) electrons. The lowest BCUT2D eigenvalue weighted by molar-refractivity contribution is 0.324. The van der Waals surface area contributed by atoms with E-state index in [0.717, 1.165) is 32.2 Å². The smallest absolute Gasteiger partial charge is 0.203 e. The first kappa shape index (κ1) is 18.4. The highest BCUT2D eigenvalue weighted by atomic mass is 32.2. The topological polar surface area (TPSA) is 66.6 Å². The van der Waals surface area contributed by atoms with Gasteiger partial charge in [0.05, 0.1) is 26.2 Å². The van der Waals surface area contributed by atoms with Gasteiger partial charge in [-0.2, -0.15) is 4.37 Å². The van der Waals surface area contributed by atoms with Gasteiger partial charge in [-0.3, -0.25) is 0 Å². The summed E-state index contributed by atoms with van der Waals surface area (Å²) in [6.45, 7) is 0. The van der Waals surface area contributed by atoms with Crippen LogP contribution in [0.1, 0.15) is 0 Å². The van der Waals surface area contributed by atoms with E-state index in [1.54, 1.807) is 33.1 Å². The highest BCUT2D eigenvalue weighted by Gasteiger charge is 2.18. The summed E-state index contributed by atoms with van der Waals surface area (Å²) >= 11 is 3.05. The van der Waals surface area contributed by atoms with Crippen molar-refractivity contribution >= 4 is 29.0 Å². The molecule has 3 aromatic rings. The van der Waals surface area contributed by atoms with Gasteiger partial charge in [0.25, 0.3) is 0 Å². The van der Waals surface area contributed by atoms with Crippen molar-refractivity contribution in [1.29, 1.82) is 0 Å². The van der Waals surface area contributed by atoms with E-state index < -0.39 is 0 Å². The van der Waals surface area contributed by atoms with Crippen LogP contribution >= 0.6 is 23.3 Å². The molecule has 1 aromatic heterocycles. The summed E-state index contributed by atoms with van der Waals surface area (Å²) in [5.41, 5.74) is 9.91. The normalized spacial score (nSPS) is 10.6. The second-order valence-electron chi connectivity index (χ2n) is 5.44. The molecule has 0 aliphatic heterocycles. The van der Waals surface area contributed by atoms with Gasteiger partial charge in [-0.1, -0.05) is 6.07 Å². The van der Waals surface area contributed by atoms with E-state index in [-0.39, 0.29) is 0 Å². The van der Waals surface area contributed by atoms with Gasteiger partial charge >= 0.3 is 0 Å². The van der Waals surface area contributed by atoms with Crippen LogP contribution in [0.25, 0.3) is 21.6 Å². The lowest BCUT2D eigenvalue weighted by Gasteiger charge is -2.14. The van der Waals surface area contributed by atoms with Gasteiger partial charge in [-0.15, -0.1) is 11.8 Å². The second kappa shape index (κ2) is 7.88. The molecule has 0 saturated heterocycles. The molecule has 2 N–H and O–H groups in total. The number of nitrogens with zero attached hydrogens (tertiary/aromatic N) is 1. The number of rotatable bonds is 6. The van der Waals surface area contributed by atoms with Crippen molar-refractivity contribution in [1.82, 2.24) is 4.37 Å². The summed E-state index contributed by atoms with van der Waals surface area (Å²) in [6, 6.07) is 9.94. The zero-order valence-corrected chi connectivity index (χ0v) is 16.7. The average molecular weight is 389 g/mol. The fourth-order valence-electron chi connectivity index (χ4n) is 2.77. The minimum Gasteiger partial charge on any atom is -0.493 e. The average Bonchev–Trinajstić information content (AvgIpc) is 3.16. The zero-order chi connectivity index (χ0) is 18.7. The first-order chi connectivity index (χ1) is 12.6. The van der Waals surface area contributed by atoms with Crippen molar-refractivity contribution in [3.05, 3.63) is 36.5 Å². The van der Waals surface area contributed by atoms with Gasteiger partial charge in [0, 0.05) is 27.9 Å². The molecule has 0 fully saturated rings. The number of nitrogen functional groups attached to an aromatic ring is 1. The molecule has 5 nitrogen and oxygen atoms in total. The molecule has 136 valence electrons. The highest BCUT2D eigenvalue weighted by Crippen LogP contribution is 2.44. The molecule has 2 aromatic carbocycles. The maximum absolute atomic E-state index is 6.16. The summed E-state index contributed by atoms with van der Waals surface area (Å²) in [5, 5.41) is 0. The van der Waals surface area contributed by atoms with E-state index in [1.165, 1.54) is 11.5 Å². The molecule has 1 heterocycles. The first-order valence-corrected chi connectivity index (χ1v) is 9.81. The number of hydrogen-bond acceptors (Lipinski definition) is 7. The van der Waals surface area contributed by atoms with Crippen LogP contribution in [0.5, 0.6) is 17.2 Å². The molecule has 7 heteroatoms. The van der Waals surface area contributed by atoms with Gasteiger partial charge in [-0.05, 0) is 47.6 Å². The SMILES string of the molecule is COc1cc(-c2sncc2-c2ccc(SC)c(N)c2)cc(OC)c1OC. The first-order valence-electron chi connectivity index (χ1n) is 7.81. The van der Waals surface area contributed by atoms with Crippen LogP contribution in [0.4, 0.5) is 5.69 Å². The van der Waals surface area contributed by atoms with E-state index in [0.29, 0.717) is 17.2 Å². The monoisotopic (exact) mass is 388 g/mol. The Balaban J connectivity index is 2.13. The molecule has 0 spiro atoms. The molecular weight excluding hydrogens is 368 g/mol. The van der Waals surface area contributed by atoms with E-state index in [4.69, 9.17) is 19.9 Å². The Labute approximate surface area is 161 Å². The molecule has 0 unspecified atom stereocenters. The number of ether oxygens (including phenoxy) is 3. The molecule has 0 aliphatic carbocycles. The van der Waals surface area contributed by atoms with Gasteiger partial charge in [0.2, 0.25) is 5.75 Å². The van der Waals surface area contributed by atoms with E-state index in [1.807, 2.05) is 36.7 Å². The molecule has 0 saturated carbocycles. The van der Waals surface area contributed by atoms with Gasteiger partial charge < -0.3 is 19.9 Å². The van der Waals surface area contributed by atoms with Gasteiger partial charge in [0.1, 0.15) is 0 Å². The summed E-state index contributed by atoms with van der Waals surface area (Å²) in [6.07, 6.45) is 3.87. The molecular formula is C19H20N2O3S2. The Morgan fingerprint density at radius 1 is 0.962 bits per heavy atom. The number of thioether (sulfide) groups is 1. The molecule has 0 aliphatic rings. The predicted molar refractivity (Wildman–Crippen MR) is 109 cm³/mol. The van der Waals surface area contributed by atoms with Gasteiger partial charge in [0.15, 0.2) is 11.5 Å². The fraction of sp³-hybridized carbons (Fsp3) is 0.211. The Morgan fingerprint density at radius 2 is 1.65 bits per heavy atom. The number of methoxy groups -OCH3 is 3. The van der Waals surface area contributed by atoms with Crippen LogP contribution in [0.3, 0.4) is 0 Å². The largest absolute Gasteiger partial charge is 0.493 e. The minimum atomic E-state index is 0.568. The summed E-state index contributed by atoms with van der Waals surface area (Å²) in [4.78, 5) is 2.08. The quantitative estimate of drug-likeness (QED) is 0.483. The van der Waals surface area contributed by atoms with Crippen molar-refractivity contribution < 1.29 is 14.2 Å². The van der Waals surface area contributed by atoms with E-state index in [2.05, 4.69) is 10.4 Å².